The Kier molecular flexibility index (Phi) is 3.83. The molecule has 0 atom stereocenters. The van der Waals surface area contributed by atoms with Crippen molar-refractivity contribution in [2.24, 2.45) is 7.05 Å². The SMILES string of the molecule is Cn1ccnc1-c1cn2c3cc4ccccc4cc3c3ccc[c-]c3c2n1.[Ir]. The van der Waals surface area contributed by atoms with E-state index in [9.17, 15) is 0 Å². The molecule has 6 aromatic rings. The van der Waals surface area contributed by atoms with E-state index in [4.69, 9.17) is 4.98 Å². The Morgan fingerprint density at radius 1 is 0.964 bits per heavy atom. The van der Waals surface area contributed by atoms with Gasteiger partial charge < -0.3 is 8.97 Å². The second-order valence-corrected chi connectivity index (χ2v) is 6.86. The Hall–Kier alpha value is -3.01. The van der Waals surface area contributed by atoms with Crippen LogP contribution in [0.1, 0.15) is 0 Å². The molecule has 0 spiro atoms. The molecule has 3 aromatic heterocycles. The van der Waals surface area contributed by atoms with Crippen LogP contribution < -0.4 is 0 Å². The zero-order chi connectivity index (χ0) is 18.0. The first-order chi connectivity index (χ1) is 13.3. The van der Waals surface area contributed by atoms with Crippen LogP contribution in [-0.4, -0.2) is 18.9 Å². The van der Waals surface area contributed by atoms with E-state index in [0.717, 1.165) is 28.1 Å². The van der Waals surface area contributed by atoms with Crippen molar-refractivity contribution in [3.63, 3.8) is 0 Å². The topological polar surface area (TPSA) is 35.1 Å². The molecule has 0 saturated heterocycles. The van der Waals surface area contributed by atoms with Gasteiger partial charge in [-0.1, -0.05) is 35.7 Å². The van der Waals surface area contributed by atoms with Crippen LogP contribution >= 0.6 is 0 Å². The molecule has 0 unspecified atom stereocenters. The average molecular weight is 540 g/mol. The Morgan fingerprint density at radius 3 is 2.57 bits per heavy atom. The van der Waals surface area contributed by atoms with Crippen molar-refractivity contribution in [3.8, 4) is 11.5 Å². The summed E-state index contributed by atoms with van der Waals surface area (Å²) in [5, 5.41) is 5.86. The van der Waals surface area contributed by atoms with E-state index in [0.29, 0.717) is 0 Å². The maximum absolute atomic E-state index is 4.92. The van der Waals surface area contributed by atoms with Gasteiger partial charge in [0, 0.05) is 51.3 Å². The number of fused-ring (bicyclic) bond motifs is 7. The molecule has 0 bridgehead atoms. The first-order valence-electron chi connectivity index (χ1n) is 8.91. The number of aryl methyl sites for hydroxylation is 1. The number of nitrogens with zero attached hydrogens (tertiary/aromatic N) is 4. The normalized spacial score (nSPS) is 11.5. The van der Waals surface area contributed by atoms with E-state index in [2.05, 4.69) is 64.1 Å². The molecule has 0 aliphatic rings. The third-order valence-electron chi connectivity index (χ3n) is 5.25. The fourth-order valence-electron chi connectivity index (χ4n) is 3.95. The standard InChI is InChI=1S/C23H15N4.Ir/c1-26-11-10-24-23(26)20-14-27-21-13-16-7-3-2-6-15(16)12-19(21)17-8-4-5-9-18(17)22(27)25-20;/h2-8,10-14H,1H3;/q-1;. The Morgan fingerprint density at radius 2 is 1.79 bits per heavy atom. The molecule has 3 aromatic carbocycles. The van der Waals surface area contributed by atoms with Crippen molar-refractivity contribution in [1.82, 2.24) is 18.9 Å². The molecule has 5 heteroatoms. The maximum Gasteiger partial charge on any atom is 0.158 e. The molecule has 4 nitrogen and oxygen atoms in total. The van der Waals surface area contributed by atoms with Crippen LogP contribution in [0.5, 0.6) is 0 Å². The van der Waals surface area contributed by atoms with Gasteiger partial charge in [0.05, 0.1) is 5.65 Å². The smallest absolute Gasteiger partial charge is 0.158 e. The van der Waals surface area contributed by atoms with Crippen LogP contribution in [0.15, 0.2) is 73.2 Å². The molecule has 0 fully saturated rings. The van der Waals surface area contributed by atoms with Crippen molar-refractivity contribution in [1.29, 1.82) is 0 Å². The number of hydrogen-bond acceptors (Lipinski definition) is 2. The predicted molar refractivity (Wildman–Crippen MR) is 109 cm³/mol. The molecule has 0 N–H and O–H groups in total. The summed E-state index contributed by atoms with van der Waals surface area (Å²) in [6.45, 7) is 0. The molecule has 3 heterocycles. The molecule has 1 radical (unpaired) electrons. The van der Waals surface area contributed by atoms with Crippen LogP contribution in [0.4, 0.5) is 0 Å². The summed E-state index contributed by atoms with van der Waals surface area (Å²) >= 11 is 0. The zero-order valence-corrected chi connectivity index (χ0v) is 17.4. The summed E-state index contributed by atoms with van der Waals surface area (Å²) in [5.74, 6) is 0.858. The van der Waals surface area contributed by atoms with Gasteiger partial charge in [-0.3, -0.25) is 4.98 Å². The van der Waals surface area contributed by atoms with Gasteiger partial charge >= 0.3 is 0 Å². The van der Waals surface area contributed by atoms with E-state index in [1.165, 1.54) is 21.5 Å². The van der Waals surface area contributed by atoms with Gasteiger partial charge in [0.2, 0.25) is 0 Å². The minimum atomic E-state index is 0. The summed E-state index contributed by atoms with van der Waals surface area (Å²) in [4.78, 5) is 9.39. The summed E-state index contributed by atoms with van der Waals surface area (Å²) in [6.07, 6.45) is 5.82. The van der Waals surface area contributed by atoms with Crippen LogP contribution in [0.2, 0.25) is 0 Å². The number of rotatable bonds is 1. The molecular weight excluding hydrogens is 524 g/mol. The molecular formula is C23H15IrN4-. The van der Waals surface area contributed by atoms with Crippen LogP contribution in [-0.2, 0) is 27.2 Å². The predicted octanol–water partition coefficient (Wildman–Crippen LogP) is 4.99. The van der Waals surface area contributed by atoms with Crippen LogP contribution in [0.25, 0.3) is 49.6 Å². The molecule has 0 saturated carbocycles. The molecule has 28 heavy (non-hydrogen) atoms. The first kappa shape index (κ1) is 17.1. The number of hydrogen-bond donors (Lipinski definition) is 0. The molecule has 0 aliphatic heterocycles. The molecule has 137 valence electrons. The Bertz CT molecular complexity index is 1490. The Balaban J connectivity index is 0.00000171. The molecule has 0 aliphatic carbocycles. The number of imidazole rings is 2. The van der Waals surface area contributed by atoms with Crippen molar-refractivity contribution in [2.75, 3.05) is 0 Å². The fraction of sp³-hybridized carbons (Fsp3) is 0.0435. The second kappa shape index (κ2) is 6.26. The van der Waals surface area contributed by atoms with Gasteiger partial charge in [-0.05, 0) is 22.2 Å². The largest absolute Gasteiger partial charge is 0.339 e. The number of benzene rings is 3. The number of pyridine rings is 1. The minimum absolute atomic E-state index is 0. The van der Waals surface area contributed by atoms with Crippen molar-refractivity contribution >= 4 is 38.1 Å². The fourth-order valence-corrected chi connectivity index (χ4v) is 3.95. The van der Waals surface area contributed by atoms with Crippen molar-refractivity contribution in [3.05, 3.63) is 79.3 Å². The number of aromatic nitrogens is 4. The molecule has 0 amide bonds. The summed E-state index contributed by atoms with van der Waals surface area (Å²) in [6, 6.07) is 22.5. The molecule has 6 rings (SSSR count). The monoisotopic (exact) mass is 540 g/mol. The van der Waals surface area contributed by atoms with E-state index in [1.54, 1.807) is 6.20 Å². The van der Waals surface area contributed by atoms with Gasteiger partial charge in [0.25, 0.3) is 0 Å². The first-order valence-corrected chi connectivity index (χ1v) is 8.91. The maximum atomic E-state index is 4.92. The van der Waals surface area contributed by atoms with Crippen LogP contribution in [0, 0.1) is 6.07 Å². The van der Waals surface area contributed by atoms with Gasteiger partial charge in [-0.2, -0.15) is 0 Å². The quantitative estimate of drug-likeness (QED) is 0.168. The average Bonchev–Trinajstić information content (AvgIpc) is 3.33. The Labute approximate surface area is 174 Å². The van der Waals surface area contributed by atoms with E-state index in [1.807, 2.05) is 29.9 Å². The van der Waals surface area contributed by atoms with Gasteiger partial charge in [-0.25, -0.2) is 4.98 Å². The van der Waals surface area contributed by atoms with Gasteiger partial charge in [0.1, 0.15) is 5.69 Å². The third kappa shape index (κ3) is 2.34. The minimum Gasteiger partial charge on any atom is -0.339 e. The van der Waals surface area contributed by atoms with Crippen LogP contribution in [0.3, 0.4) is 0 Å². The zero-order valence-electron chi connectivity index (χ0n) is 15.1. The van der Waals surface area contributed by atoms with E-state index < -0.39 is 0 Å². The van der Waals surface area contributed by atoms with E-state index >= 15 is 0 Å². The van der Waals surface area contributed by atoms with Crippen molar-refractivity contribution < 1.29 is 20.1 Å². The summed E-state index contributed by atoms with van der Waals surface area (Å²) in [7, 11) is 1.99. The summed E-state index contributed by atoms with van der Waals surface area (Å²) < 4.78 is 4.16. The van der Waals surface area contributed by atoms with Crippen molar-refractivity contribution in [2.45, 2.75) is 0 Å². The van der Waals surface area contributed by atoms with Gasteiger partial charge in [-0.15, -0.1) is 29.7 Å². The third-order valence-corrected chi connectivity index (χ3v) is 5.25. The van der Waals surface area contributed by atoms with Gasteiger partial charge in [0.15, 0.2) is 5.82 Å². The van der Waals surface area contributed by atoms with E-state index in [-0.39, 0.29) is 20.1 Å². The second-order valence-electron chi connectivity index (χ2n) is 6.86. The summed E-state index contributed by atoms with van der Waals surface area (Å²) in [5.41, 5.74) is 2.91.